The SMILES string of the molecule is CNCCC1=C2C(=O)C=CC=C2N=C1C1=CC(=O)c2c(CCN(C)C)c[nH]c2C1=O. The van der Waals surface area contributed by atoms with Crippen molar-refractivity contribution in [3.05, 3.63) is 69.7 Å². The van der Waals surface area contributed by atoms with Gasteiger partial charge in [0.1, 0.15) is 0 Å². The van der Waals surface area contributed by atoms with Crippen LogP contribution in [0.1, 0.15) is 32.8 Å². The zero-order valence-electron chi connectivity index (χ0n) is 17.3. The largest absolute Gasteiger partial charge is 0.358 e. The van der Waals surface area contributed by atoms with E-state index < -0.39 is 0 Å². The second kappa shape index (κ2) is 7.93. The lowest BCUT2D eigenvalue weighted by atomic mass is 9.85. The number of carbonyl (C=O) groups excluding carboxylic acids is 3. The number of rotatable bonds is 7. The summed E-state index contributed by atoms with van der Waals surface area (Å²) >= 11 is 0. The molecule has 4 rings (SSSR count). The molecule has 7 heteroatoms. The van der Waals surface area contributed by atoms with Gasteiger partial charge in [0, 0.05) is 12.7 Å². The normalized spacial score (nSPS) is 18.0. The molecule has 0 amide bonds. The van der Waals surface area contributed by atoms with Gasteiger partial charge in [0.05, 0.1) is 33.8 Å². The van der Waals surface area contributed by atoms with E-state index in [9.17, 15) is 14.4 Å². The highest BCUT2D eigenvalue weighted by molar-refractivity contribution is 6.41. The molecule has 2 N–H and O–H groups in total. The molecule has 0 saturated heterocycles. The molecule has 1 aromatic heterocycles. The number of aromatic nitrogens is 1. The molecule has 1 aliphatic heterocycles. The minimum absolute atomic E-state index is 0.126. The fourth-order valence-corrected chi connectivity index (χ4v) is 3.98. The smallest absolute Gasteiger partial charge is 0.212 e. The highest BCUT2D eigenvalue weighted by atomic mass is 16.1. The average Bonchev–Trinajstić information content (AvgIpc) is 3.30. The number of nitrogens with zero attached hydrogens (tertiary/aromatic N) is 2. The van der Waals surface area contributed by atoms with Gasteiger partial charge in [-0.25, -0.2) is 4.99 Å². The summed E-state index contributed by atoms with van der Waals surface area (Å²) in [4.78, 5) is 48.4. The fourth-order valence-electron chi connectivity index (χ4n) is 3.98. The second-order valence-corrected chi connectivity index (χ2v) is 7.81. The van der Waals surface area contributed by atoms with Gasteiger partial charge in [0.15, 0.2) is 11.6 Å². The van der Waals surface area contributed by atoms with Crippen molar-refractivity contribution in [3.8, 4) is 0 Å². The van der Waals surface area contributed by atoms with E-state index in [4.69, 9.17) is 0 Å². The molecule has 7 nitrogen and oxygen atoms in total. The van der Waals surface area contributed by atoms with Gasteiger partial charge in [-0.05, 0) is 69.9 Å². The summed E-state index contributed by atoms with van der Waals surface area (Å²) in [6.07, 6.45) is 9.25. The first-order chi connectivity index (χ1) is 14.4. The van der Waals surface area contributed by atoms with Gasteiger partial charge in [-0.15, -0.1) is 0 Å². The van der Waals surface area contributed by atoms with E-state index in [-0.39, 0.29) is 22.9 Å². The molecular weight excluding hydrogens is 380 g/mol. The van der Waals surface area contributed by atoms with Crippen LogP contribution in [0.3, 0.4) is 0 Å². The number of nitrogens with one attached hydrogen (secondary N) is 2. The summed E-state index contributed by atoms with van der Waals surface area (Å²) < 4.78 is 0. The monoisotopic (exact) mass is 404 g/mol. The van der Waals surface area contributed by atoms with Gasteiger partial charge >= 0.3 is 0 Å². The molecule has 0 unspecified atom stereocenters. The summed E-state index contributed by atoms with van der Waals surface area (Å²) in [5, 5.41) is 3.07. The van der Waals surface area contributed by atoms with Crippen molar-refractivity contribution >= 4 is 23.1 Å². The van der Waals surface area contributed by atoms with Crippen LogP contribution in [0, 0.1) is 0 Å². The van der Waals surface area contributed by atoms with Gasteiger partial charge in [-0.1, -0.05) is 6.08 Å². The Hall–Kier alpha value is -3.16. The second-order valence-electron chi connectivity index (χ2n) is 7.81. The number of hydrogen-bond donors (Lipinski definition) is 2. The van der Waals surface area contributed by atoms with Crippen LogP contribution in [0.5, 0.6) is 0 Å². The van der Waals surface area contributed by atoms with Crippen molar-refractivity contribution in [1.29, 1.82) is 0 Å². The average molecular weight is 404 g/mol. The Morgan fingerprint density at radius 1 is 1.13 bits per heavy atom. The van der Waals surface area contributed by atoms with Crippen LogP contribution in [0.4, 0.5) is 0 Å². The first-order valence-corrected chi connectivity index (χ1v) is 9.98. The summed E-state index contributed by atoms with van der Waals surface area (Å²) in [6, 6.07) is 0. The maximum Gasteiger partial charge on any atom is 0.212 e. The number of carbonyl (C=O) groups is 3. The van der Waals surface area contributed by atoms with E-state index in [0.717, 1.165) is 12.1 Å². The lowest BCUT2D eigenvalue weighted by Crippen LogP contribution is -2.24. The molecule has 0 atom stereocenters. The number of aliphatic imine (C=N–C) groups is 1. The predicted molar refractivity (Wildman–Crippen MR) is 115 cm³/mol. The zero-order valence-corrected chi connectivity index (χ0v) is 17.3. The van der Waals surface area contributed by atoms with Gasteiger partial charge in [-0.2, -0.15) is 0 Å². The van der Waals surface area contributed by atoms with Crippen LogP contribution >= 0.6 is 0 Å². The molecule has 0 saturated carbocycles. The number of likely N-dealkylation sites (N-methyl/N-ethyl adjacent to an activating group) is 1. The third-order valence-electron chi connectivity index (χ3n) is 5.49. The minimum atomic E-state index is -0.262. The Morgan fingerprint density at radius 3 is 2.67 bits per heavy atom. The van der Waals surface area contributed by atoms with Gasteiger partial charge in [0.25, 0.3) is 0 Å². The van der Waals surface area contributed by atoms with Crippen molar-refractivity contribution in [3.63, 3.8) is 0 Å². The van der Waals surface area contributed by atoms with Crippen LogP contribution in [-0.2, 0) is 11.2 Å². The summed E-state index contributed by atoms with van der Waals surface area (Å²) in [5.41, 5.74) is 4.04. The van der Waals surface area contributed by atoms with E-state index in [0.29, 0.717) is 53.2 Å². The Balaban J connectivity index is 1.73. The lowest BCUT2D eigenvalue weighted by molar-refractivity contribution is -0.111. The number of H-pyrrole nitrogens is 1. The predicted octanol–water partition coefficient (Wildman–Crippen LogP) is 1.81. The Kier molecular flexibility index (Phi) is 5.32. The van der Waals surface area contributed by atoms with Crippen LogP contribution in [0.15, 0.2) is 57.9 Å². The molecule has 2 heterocycles. The first-order valence-electron chi connectivity index (χ1n) is 9.98. The van der Waals surface area contributed by atoms with E-state index in [1.54, 1.807) is 18.3 Å². The number of aromatic amines is 1. The molecule has 0 radical (unpaired) electrons. The van der Waals surface area contributed by atoms with E-state index >= 15 is 0 Å². The van der Waals surface area contributed by atoms with Gasteiger partial charge < -0.3 is 15.2 Å². The molecule has 0 fully saturated rings. The quantitative estimate of drug-likeness (QED) is 0.723. The van der Waals surface area contributed by atoms with Gasteiger partial charge in [-0.3, -0.25) is 14.4 Å². The molecule has 30 heavy (non-hydrogen) atoms. The zero-order chi connectivity index (χ0) is 21.4. The lowest BCUT2D eigenvalue weighted by Gasteiger charge is -2.16. The van der Waals surface area contributed by atoms with Crippen LogP contribution < -0.4 is 5.32 Å². The van der Waals surface area contributed by atoms with Crippen LogP contribution in [0.2, 0.25) is 0 Å². The highest BCUT2D eigenvalue weighted by Gasteiger charge is 2.37. The molecule has 0 aromatic carbocycles. The van der Waals surface area contributed by atoms with Crippen molar-refractivity contribution in [2.45, 2.75) is 12.8 Å². The van der Waals surface area contributed by atoms with Crippen molar-refractivity contribution < 1.29 is 14.4 Å². The molecule has 3 aliphatic rings. The number of hydrogen-bond acceptors (Lipinski definition) is 6. The van der Waals surface area contributed by atoms with Crippen molar-refractivity contribution in [2.24, 2.45) is 4.99 Å². The summed E-state index contributed by atoms with van der Waals surface area (Å²) in [5.74, 6) is -0.593. The van der Waals surface area contributed by atoms with Crippen molar-refractivity contribution in [2.75, 3.05) is 34.2 Å². The Bertz CT molecular complexity index is 1110. The standard InChI is InChI=1S/C23H24N4O3/c1-24-9-7-14-20-16(5-4-6-17(20)28)26-21(14)15-11-18(29)19-13(8-10-27(2)3)12-25-22(19)23(15)30/h4-6,11-12,24-25H,7-10H2,1-3H3. The molecule has 0 bridgehead atoms. The van der Waals surface area contributed by atoms with Crippen LogP contribution in [0.25, 0.3) is 0 Å². The number of ketones is 3. The van der Waals surface area contributed by atoms with Crippen LogP contribution in [-0.4, -0.2) is 67.2 Å². The van der Waals surface area contributed by atoms with E-state index in [1.165, 1.54) is 12.2 Å². The summed E-state index contributed by atoms with van der Waals surface area (Å²) in [6.45, 7) is 1.40. The minimum Gasteiger partial charge on any atom is -0.358 e. The molecule has 0 spiro atoms. The van der Waals surface area contributed by atoms with Gasteiger partial charge in [0.2, 0.25) is 5.78 Å². The molecule has 2 aliphatic carbocycles. The Labute approximate surface area is 174 Å². The van der Waals surface area contributed by atoms with E-state index in [2.05, 4.69) is 15.3 Å². The number of Topliss-reactive ketones (excluding diaryl/α,β-unsaturated/α-hetero) is 1. The van der Waals surface area contributed by atoms with Crippen molar-refractivity contribution in [1.82, 2.24) is 15.2 Å². The number of fused-ring (bicyclic) bond motifs is 2. The topological polar surface area (TPSA) is 94.6 Å². The third kappa shape index (κ3) is 3.36. The summed E-state index contributed by atoms with van der Waals surface area (Å²) in [7, 11) is 5.75. The Morgan fingerprint density at radius 2 is 1.93 bits per heavy atom. The maximum atomic E-state index is 13.3. The third-order valence-corrected chi connectivity index (χ3v) is 5.49. The van der Waals surface area contributed by atoms with E-state index in [1.807, 2.05) is 26.0 Å². The number of allylic oxidation sites excluding steroid dienone is 6. The fraction of sp³-hybridized carbons (Fsp3) is 0.304. The molecule has 154 valence electrons. The highest BCUT2D eigenvalue weighted by Crippen LogP contribution is 2.36. The first kappa shape index (κ1) is 20.1. The molecular formula is C23H24N4O3. The maximum absolute atomic E-state index is 13.3. The molecule has 1 aromatic rings.